The number of ether oxygens (including phenoxy) is 1. The second kappa shape index (κ2) is 5.21. The molecule has 1 N–H and O–H groups in total. The summed E-state index contributed by atoms with van der Waals surface area (Å²) >= 11 is 1.80. The molecule has 0 aromatic heterocycles. The third kappa shape index (κ3) is 2.42. The lowest BCUT2D eigenvalue weighted by atomic mass is 10.0. The van der Waals surface area contributed by atoms with Crippen molar-refractivity contribution in [1.82, 2.24) is 5.32 Å². The third-order valence-electron chi connectivity index (χ3n) is 3.12. The molecule has 1 atom stereocenters. The largest absolute Gasteiger partial charge is 0.371 e. The summed E-state index contributed by atoms with van der Waals surface area (Å²) < 4.78 is 5.83. The SMILES string of the molecule is CSc1cc(C)c(C)cc1C1CNCCO1. The maximum absolute atomic E-state index is 5.83. The maximum Gasteiger partial charge on any atom is 0.0960 e. The van der Waals surface area contributed by atoms with Crippen LogP contribution >= 0.6 is 11.8 Å². The molecule has 16 heavy (non-hydrogen) atoms. The summed E-state index contributed by atoms with van der Waals surface area (Å²) in [7, 11) is 0. The van der Waals surface area contributed by atoms with Crippen LogP contribution in [0.4, 0.5) is 0 Å². The van der Waals surface area contributed by atoms with Gasteiger partial charge in [-0.05, 0) is 42.9 Å². The fourth-order valence-electron chi connectivity index (χ4n) is 2.01. The standard InChI is InChI=1S/C13H19NOS/c1-9-6-11(12-8-14-4-5-15-12)13(16-3)7-10(9)2/h6-7,12,14H,4-5,8H2,1-3H3. The van der Waals surface area contributed by atoms with Crippen LogP contribution in [0.15, 0.2) is 17.0 Å². The van der Waals surface area contributed by atoms with E-state index in [9.17, 15) is 0 Å². The monoisotopic (exact) mass is 237 g/mol. The molecule has 0 spiro atoms. The zero-order valence-electron chi connectivity index (χ0n) is 10.2. The fourth-order valence-corrected chi connectivity index (χ4v) is 2.73. The quantitative estimate of drug-likeness (QED) is 0.799. The summed E-state index contributed by atoms with van der Waals surface area (Å²) in [6.45, 7) is 7.04. The van der Waals surface area contributed by atoms with E-state index in [1.807, 2.05) is 0 Å². The second-order valence-electron chi connectivity index (χ2n) is 4.24. The van der Waals surface area contributed by atoms with Crippen LogP contribution < -0.4 is 5.32 Å². The highest BCUT2D eigenvalue weighted by molar-refractivity contribution is 7.98. The average molecular weight is 237 g/mol. The molecule has 1 aromatic carbocycles. The van der Waals surface area contributed by atoms with Crippen molar-refractivity contribution in [1.29, 1.82) is 0 Å². The van der Waals surface area contributed by atoms with Crippen molar-refractivity contribution in [2.45, 2.75) is 24.8 Å². The molecule has 3 heteroatoms. The van der Waals surface area contributed by atoms with Crippen molar-refractivity contribution in [2.24, 2.45) is 0 Å². The van der Waals surface area contributed by atoms with Crippen LogP contribution in [0, 0.1) is 13.8 Å². The Bertz CT molecular complexity index is 372. The van der Waals surface area contributed by atoms with Gasteiger partial charge in [-0.15, -0.1) is 11.8 Å². The Kier molecular flexibility index (Phi) is 3.90. The molecule has 1 saturated heterocycles. The van der Waals surface area contributed by atoms with Crippen molar-refractivity contribution < 1.29 is 4.74 Å². The van der Waals surface area contributed by atoms with Crippen molar-refractivity contribution >= 4 is 11.8 Å². The summed E-state index contributed by atoms with van der Waals surface area (Å²) in [5, 5.41) is 3.38. The summed E-state index contributed by atoms with van der Waals surface area (Å²) in [5.74, 6) is 0. The van der Waals surface area contributed by atoms with Crippen LogP contribution in [0.3, 0.4) is 0 Å². The average Bonchev–Trinajstić information content (AvgIpc) is 2.33. The van der Waals surface area contributed by atoms with Crippen molar-refractivity contribution in [3.63, 3.8) is 0 Å². The van der Waals surface area contributed by atoms with Gasteiger partial charge in [0, 0.05) is 18.0 Å². The highest BCUT2D eigenvalue weighted by Crippen LogP contribution is 2.31. The smallest absolute Gasteiger partial charge is 0.0960 e. The van der Waals surface area contributed by atoms with E-state index in [-0.39, 0.29) is 6.10 Å². The van der Waals surface area contributed by atoms with Crippen LogP contribution in [0.1, 0.15) is 22.8 Å². The topological polar surface area (TPSA) is 21.3 Å². The summed E-state index contributed by atoms with van der Waals surface area (Å²) in [4.78, 5) is 1.34. The molecule has 1 aliphatic heterocycles. The minimum atomic E-state index is 0.218. The number of morpholine rings is 1. The number of benzene rings is 1. The fraction of sp³-hybridized carbons (Fsp3) is 0.538. The van der Waals surface area contributed by atoms with Gasteiger partial charge in [-0.1, -0.05) is 6.07 Å². The van der Waals surface area contributed by atoms with Gasteiger partial charge < -0.3 is 10.1 Å². The first kappa shape index (κ1) is 12.0. The lowest BCUT2D eigenvalue weighted by Gasteiger charge is -2.26. The molecule has 0 saturated carbocycles. The predicted molar refractivity (Wildman–Crippen MR) is 69.3 cm³/mol. The first-order valence-corrected chi connectivity index (χ1v) is 6.92. The molecule has 1 unspecified atom stereocenters. The second-order valence-corrected chi connectivity index (χ2v) is 5.09. The van der Waals surface area contributed by atoms with E-state index in [2.05, 4.69) is 37.6 Å². The molecule has 2 rings (SSSR count). The first-order valence-electron chi connectivity index (χ1n) is 5.70. The van der Waals surface area contributed by atoms with Gasteiger partial charge in [0.15, 0.2) is 0 Å². The summed E-state index contributed by atoms with van der Waals surface area (Å²) in [6, 6.07) is 4.55. The maximum atomic E-state index is 5.83. The Labute approximate surface area is 102 Å². The molecule has 88 valence electrons. The minimum Gasteiger partial charge on any atom is -0.371 e. The third-order valence-corrected chi connectivity index (χ3v) is 3.91. The predicted octanol–water partition coefficient (Wildman–Crippen LogP) is 2.69. The highest BCUT2D eigenvalue weighted by Gasteiger charge is 2.19. The molecular formula is C13H19NOS. The number of nitrogens with one attached hydrogen (secondary N) is 1. The summed E-state index contributed by atoms with van der Waals surface area (Å²) in [6.07, 6.45) is 2.35. The van der Waals surface area contributed by atoms with Gasteiger partial charge in [0.2, 0.25) is 0 Å². The zero-order chi connectivity index (χ0) is 11.5. The molecular weight excluding hydrogens is 218 g/mol. The molecule has 0 aliphatic carbocycles. The number of aryl methyl sites for hydroxylation is 2. The van der Waals surface area contributed by atoms with Crippen molar-refractivity contribution in [3.05, 3.63) is 28.8 Å². The van der Waals surface area contributed by atoms with E-state index in [1.165, 1.54) is 21.6 Å². The first-order chi connectivity index (χ1) is 7.72. The van der Waals surface area contributed by atoms with E-state index < -0.39 is 0 Å². The lowest BCUT2D eigenvalue weighted by molar-refractivity contribution is 0.0260. The van der Waals surface area contributed by atoms with Gasteiger partial charge in [0.1, 0.15) is 0 Å². The Morgan fingerprint density at radius 1 is 1.31 bits per heavy atom. The van der Waals surface area contributed by atoms with Crippen LogP contribution in [0.25, 0.3) is 0 Å². The van der Waals surface area contributed by atoms with Gasteiger partial charge in [-0.25, -0.2) is 0 Å². The number of hydrogen-bond donors (Lipinski definition) is 1. The van der Waals surface area contributed by atoms with Crippen LogP contribution in [0.2, 0.25) is 0 Å². The van der Waals surface area contributed by atoms with E-state index in [1.54, 1.807) is 11.8 Å². The molecule has 1 aliphatic rings. The normalized spacial score (nSPS) is 21.1. The molecule has 2 nitrogen and oxygen atoms in total. The van der Waals surface area contributed by atoms with Gasteiger partial charge >= 0.3 is 0 Å². The molecule has 0 amide bonds. The van der Waals surface area contributed by atoms with E-state index >= 15 is 0 Å². The van der Waals surface area contributed by atoms with Crippen LogP contribution in [0.5, 0.6) is 0 Å². The molecule has 1 aromatic rings. The lowest BCUT2D eigenvalue weighted by Crippen LogP contribution is -2.33. The van der Waals surface area contributed by atoms with E-state index in [0.29, 0.717) is 0 Å². The Balaban J connectivity index is 2.33. The Morgan fingerprint density at radius 2 is 2.06 bits per heavy atom. The number of hydrogen-bond acceptors (Lipinski definition) is 3. The molecule has 0 radical (unpaired) electrons. The van der Waals surface area contributed by atoms with Crippen LogP contribution in [-0.4, -0.2) is 26.0 Å². The highest BCUT2D eigenvalue weighted by atomic mass is 32.2. The van der Waals surface area contributed by atoms with Crippen LogP contribution in [-0.2, 0) is 4.74 Å². The number of thioether (sulfide) groups is 1. The number of rotatable bonds is 2. The minimum absolute atomic E-state index is 0.218. The zero-order valence-corrected chi connectivity index (χ0v) is 11.0. The molecule has 1 fully saturated rings. The summed E-state index contributed by atoms with van der Waals surface area (Å²) in [5.41, 5.74) is 4.04. The van der Waals surface area contributed by atoms with Gasteiger partial charge in [-0.3, -0.25) is 0 Å². The van der Waals surface area contributed by atoms with E-state index in [0.717, 1.165) is 19.7 Å². The van der Waals surface area contributed by atoms with Crippen molar-refractivity contribution in [2.75, 3.05) is 26.0 Å². The molecule has 0 bridgehead atoms. The van der Waals surface area contributed by atoms with Gasteiger partial charge in [-0.2, -0.15) is 0 Å². The van der Waals surface area contributed by atoms with Gasteiger partial charge in [0.25, 0.3) is 0 Å². The van der Waals surface area contributed by atoms with Gasteiger partial charge in [0.05, 0.1) is 12.7 Å². The van der Waals surface area contributed by atoms with E-state index in [4.69, 9.17) is 4.74 Å². The molecule has 1 heterocycles. The Morgan fingerprint density at radius 3 is 2.69 bits per heavy atom. The van der Waals surface area contributed by atoms with Crippen molar-refractivity contribution in [3.8, 4) is 0 Å². The Hall–Kier alpha value is -0.510.